The number of nitrogens with one attached hydrogen (secondary N) is 1. The molecule has 5 atom stereocenters. The number of carbonyl (C=O) groups is 2. The molecule has 2 heterocycles. The summed E-state index contributed by atoms with van der Waals surface area (Å²) in [5.41, 5.74) is 0.624. The third-order valence-electron chi connectivity index (χ3n) is 4.34. The molecule has 21 heavy (non-hydrogen) atoms. The van der Waals surface area contributed by atoms with E-state index in [2.05, 4.69) is 21.7 Å². The fraction of sp³-hybridized carbons (Fsp3) is 0.733. The zero-order chi connectivity index (χ0) is 15.4. The standard InChI is InChI=1S/C15H24NO4P/c1-9(6-12-3-4-13(20-12)8-19-21)11-5-10(2)15(18)16-14(17)7-11/h5,9,11-13H,3-4,6-8,21H2,1-2H3,(H,16,17,18). The maximum Gasteiger partial charge on any atom is 0.253 e. The zero-order valence-corrected chi connectivity index (χ0v) is 13.8. The van der Waals surface area contributed by atoms with Crippen molar-refractivity contribution in [1.29, 1.82) is 0 Å². The van der Waals surface area contributed by atoms with Crippen LogP contribution in [0.3, 0.4) is 0 Å². The van der Waals surface area contributed by atoms with Gasteiger partial charge in [0.25, 0.3) is 5.91 Å². The molecule has 0 aromatic rings. The van der Waals surface area contributed by atoms with Crippen LogP contribution in [-0.2, 0) is 18.8 Å². The number of hydrogen-bond donors (Lipinski definition) is 1. The van der Waals surface area contributed by atoms with Gasteiger partial charge in [0.2, 0.25) is 5.91 Å². The molecule has 118 valence electrons. The molecule has 2 rings (SSSR count). The molecule has 1 fully saturated rings. The van der Waals surface area contributed by atoms with Gasteiger partial charge >= 0.3 is 0 Å². The maximum atomic E-state index is 11.7. The van der Waals surface area contributed by atoms with E-state index >= 15 is 0 Å². The van der Waals surface area contributed by atoms with E-state index in [0.29, 0.717) is 24.5 Å². The molecule has 1 saturated heterocycles. The van der Waals surface area contributed by atoms with Gasteiger partial charge in [0.05, 0.1) is 18.8 Å². The van der Waals surface area contributed by atoms with Gasteiger partial charge in [0.1, 0.15) is 0 Å². The molecular weight excluding hydrogens is 289 g/mol. The number of ether oxygens (including phenoxy) is 1. The van der Waals surface area contributed by atoms with Crippen molar-refractivity contribution in [2.75, 3.05) is 6.61 Å². The first kappa shape index (κ1) is 16.6. The Kier molecular flexibility index (Phi) is 5.91. The molecule has 1 N–H and O–H groups in total. The van der Waals surface area contributed by atoms with E-state index in [9.17, 15) is 9.59 Å². The molecule has 0 aliphatic carbocycles. The van der Waals surface area contributed by atoms with E-state index in [1.165, 1.54) is 0 Å². The van der Waals surface area contributed by atoms with Crippen molar-refractivity contribution in [3.8, 4) is 0 Å². The zero-order valence-electron chi connectivity index (χ0n) is 12.6. The summed E-state index contributed by atoms with van der Waals surface area (Å²) in [6.07, 6.45) is 5.66. The average molecular weight is 313 g/mol. The lowest BCUT2D eigenvalue weighted by Gasteiger charge is -2.23. The summed E-state index contributed by atoms with van der Waals surface area (Å²) in [6, 6.07) is 0. The molecule has 0 saturated carbocycles. The van der Waals surface area contributed by atoms with Crippen LogP contribution in [0.4, 0.5) is 0 Å². The van der Waals surface area contributed by atoms with Crippen LogP contribution >= 0.6 is 9.47 Å². The van der Waals surface area contributed by atoms with Gasteiger partial charge in [-0.2, -0.15) is 0 Å². The molecule has 0 spiro atoms. The van der Waals surface area contributed by atoms with Gasteiger partial charge in [-0.05, 0) is 38.0 Å². The molecule has 0 aromatic carbocycles. The minimum atomic E-state index is -0.274. The van der Waals surface area contributed by atoms with Crippen LogP contribution in [0.2, 0.25) is 0 Å². The fourth-order valence-electron chi connectivity index (χ4n) is 3.08. The molecule has 0 radical (unpaired) electrons. The Balaban J connectivity index is 1.92. The first-order valence-corrected chi connectivity index (χ1v) is 7.96. The van der Waals surface area contributed by atoms with Crippen LogP contribution in [0.1, 0.15) is 39.5 Å². The Morgan fingerprint density at radius 2 is 2.14 bits per heavy atom. The predicted molar refractivity (Wildman–Crippen MR) is 82.4 cm³/mol. The third-order valence-corrected chi connectivity index (χ3v) is 4.53. The summed E-state index contributed by atoms with van der Waals surface area (Å²) in [4.78, 5) is 23.3. The quantitative estimate of drug-likeness (QED) is 0.622. The first-order valence-electron chi connectivity index (χ1n) is 7.49. The van der Waals surface area contributed by atoms with E-state index < -0.39 is 0 Å². The smallest absolute Gasteiger partial charge is 0.253 e. The highest BCUT2D eigenvalue weighted by molar-refractivity contribution is 7.09. The van der Waals surface area contributed by atoms with E-state index in [1.54, 1.807) is 6.92 Å². The molecule has 0 bridgehead atoms. The van der Waals surface area contributed by atoms with Crippen molar-refractivity contribution in [2.24, 2.45) is 11.8 Å². The van der Waals surface area contributed by atoms with E-state index in [4.69, 9.17) is 9.26 Å². The number of rotatable bonds is 5. The van der Waals surface area contributed by atoms with Crippen LogP contribution < -0.4 is 5.32 Å². The molecule has 0 aromatic heterocycles. The van der Waals surface area contributed by atoms with Crippen molar-refractivity contribution >= 4 is 21.3 Å². The van der Waals surface area contributed by atoms with Gasteiger partial charge in [-0.15, -0.1) is 0 Å². The third kappa shape index (κ3) is 4.60. The molecule has 2 amide bonds. The Morgan fingerprint density at radius 1 is 1.43 bits per heavy atom. The van der Waals surface area contributed by atoms with Gasteiger partial charge in [0, 0.05) is 21.5 Å². The highest BCUT2D eigenvalue weighted by atomic mass is 31.0. The second-order valence-corrected chi connectivity index (χ2v) is 6.43. The average Bonchev–Trinajstić information content (AvgIpc) is 2.79. The van der Waals surface area contributed by atoms with Gasteiger partial charge in [-0.3, -0.25) is 14.9 Å². The van der Waals surface area contributed by atoms with E-state index in [0.717, 1.165) is 19.3 Å². The maximum absolute atomic E-state index is 11.7. The summed E-state index contributed by atoms with van der Waals surface area (Å²) in [5.74, 6) is -0.0644. The lowest BCUT2D eigenvalue weighted by Crippen LogP contribution is -2.30. The van der Waals surface area contributed by atoms with E-state index in [1.807, 2.05) is 6.08 Å². The Morgan fingerprint density at radius 3 is 2.86 bits per heavy atom. The SMILES string of the molecule is CC1=CC(C(C)CC2CCC(COP)O2)CC(=O)NC1=O. The van der Waals surface area contributed by atoms with Crippen molar-refractivity contribution < 1.29 is 18.8 Å². The Bertz CT molecular complexity index is 437. The second-order valence-electron chi connectivity index (χ2n) is 6.10. The normalized spacial score (nSPS) is 31.6. The van der Waals surface area contributed by atoms with Crippen LogP contribution in [-0.4, -0.2) is 30.6 Å². The highest BCUT2D eigenvalue weighted by Crippen LogP contribution is 2.31. The van der Waals surface area contributed by atoms with Gasteiger partial charge in [-0.1, -0.05) is 13.0 Å². The van der Waals surface area contributed by atoms with Crippen molar-refractivity contribution in [3.63, 3.8) is 0 Å². The monoisotopic (exact) mass is 313 g/mol. The molecule has 2 aliphatic rings. The number of allylic oxidation sites excluding steroid dienone is 1. The van der Waals surface area contributed by atoms with Gasteiger partial charge in [-0.25, -0.2) is 0 Å². The number of hydrogen-bond acceptors (Lipinski definition) is 4. The molecule has 6 heteroatoms. The lowest BCUT2D eigenvalue weighted by atomic mass is 9.85. The van der Waals surface area contributed by atoms with Crippen molar-refractivity contribution in [2.45, 2.75) is 51.7 Å². The fourth-order valence-corrected chi connectivity index (χ4v) is 3.30. The van der Waals surface area contributed by atoms with E-state index in [-0.39, 0.29) is 29.9 Å². The summed E-state index contributed by atoms with van der Waals surface area (Å²) in [7, 11) is 2.25. The lowest BCUT2D eigenvalue weighted by molar-refractivity contribution is -0.128. The molecule has 5 unspecified atom stereocenters. The molecule has 5 nitrogen and oxygen atoms in total. The van der Waals surface area contributed by atoms with Crippen LogP contribution in [0.15, 0.2) is 11.6 Å². The predicted octanol–water partition coefficient (Wildman–Crippen LogP) is 1.98. The highest BCUT2D eigenvalue weighted by Gasteiger charge is 2.30. The number of amides is 2. The minimum Gasteiger partial charge on any atom is -0.373 e. The Labute approximate surface area is 128 Å². The van der Waals surface area contributed by atoms with Gasteiger partial charge < -0.3 is 9.26 Å². The summed E-state index contributed by atoms with van der Waals surface area (Å²) in [5, 5.41) is 2.40. The first-order chi connectivity index (χ1) is 9.99. The number of carbonyl (C=O) groups excluding carboxylic acids is 2. The topological polar surface area (TPSA) is 64.6 Å². The summed E-state index contributed by atoms with van der Waals surface area (Å²) < 4.78 is 11.0. The van der Waals surface area contributed by atoms with Crippen LogP contribution in [0.25, 0.3) is 0 Å². The summed E-state index contributed by atoms with van der Waals surface area (Å²) >= 11 is 0. The largest absolute Gasteiger partial charge is 0.373 e. The Hall–Kier alpha value is -0.770. The van der Waals surface area contributed by atoms with Crippen LogP contribution in [0, 0.1) is 11.8 Å². The number of imide groups is 1. The molecular formula is C15H24NO4P. The second kappa shape index (κ2) is 7.48. The van der Waals surface area contributed by atoms with Gasteiger partial charge in [0.15, 0.2) is 0 Å². The molecule has 2 aliphatic heterocycles. The van der Waals surface area contributed by atoms with Crippen molar-refractivity contribution in [3.05, 3.63) is 11.6 Å². The summed E-state index contributed by atoms with van der Waals surface area (Å²) in [6.45, 7) is 4.49. The van der Waals surface area contributed by atoms with Crippen molar-refractivity contribution in [1.82, 2.24) is 5.32 Å². The minimum absolute atomic E-state index is 0.0945. The van der Waals surface area contributed by atoms with Crippen LogP contribution in [0.5, 0.6) is 0 Å².